The van der Waals surface area contributed by atoms with Gasteiger partial charge in [0.2, 0.25) is 5.91 Å². The normalized spacial score (nSPS) is 17.2. The number of aliphatic hydroxyl groups is 1. The Morgan fingerprint density at radius 3 is 2.78 bits per heavy atom. The van der Waals surface area contributed by atoms with E-state index >= 15 is 0 Å². The highest BCUT2D eigenvalue weighted by Crippen LogP contribution is 2.34. The molecule has 0 unspecified atom stereocenters. The van der Waals surface area contributed by atoms with E-state index in [-0.39, 0.29) is 24.5 Å². The van der Waals surface area contributed by atoms with Gasteiger partial charge >= 0.3 is 0 Å². The third-order valence-corrected chi connectivity index (χ3v) is 7.28. The molecule has 1 aliphatic heterocycles. The number of benzene rings is 1. The molecular formula is C25H36N2O4S. The van der Waals surface area contributed by atoms with Gasteiger partial charge in [-0.2, -0.15) is 0 Å². The molecule has 2 atom stereocenters. The summed E-state index contributed by atoms with van der Waals surface area (Å²) in [5.74, 6) is 1.54. The Bertz CT molecular complexity index is 892. The molecule has 0 spiro atoms. The van der Waals surface area contributed by atoms with Crippen LogP contribution in [0.2, 0.25) is 0 Å². The zero-order valence-electron chi connectivity index (χ0n) is 19.8. The molecule has 6 nitrogen and oxygen atoms in total. The third kappa shape index (κ3) is 5.82. The quantitative estimate of drug-likeness (QED) is 0.578. The van der Waals surface area contributed by atoms with E-state index in [9.17, 15) is 9.90 Å². The molecule has 0 saturated carbocycles. The summed E-state index contributed by atoms with van der Waals surface area (Å²) in [6.07, 6.45) is 1.79. The fourth-order valence-corrected chi connectivity index (χ4v) is 5.08. The second-order valence-electron chi connectivity index (χ2n) is 8.94. The molecule has 2 heterocycles. The van der Waals surface area contributed by atoms with Gasteiger partial charge in [0.1, 0.15) is 18.1 Å². The van der Waals surface area contributed by atoms with Gasteiger partial charge in [0.05, 0.1) is 25.3 Å². The molecule has 1 aliphatic rings. The number of hydrogen-bond donors (Lipinski definition) is 1. The zero-order chi connectivity index (χ0) is 23.3. The summed E-state index contributed by atoms with van der Waals surface area (Å²) in [6, 6.07) is 9.39. The standard InChI is InChI=1S/C25H36N2O4S/c1-6-12-26(18(2)25(3,4)29)16-24(28)27-13-10-23-21(11-14-32-23)22(27)17-31-20-9-7-8-19(15-20)30-5/h7-9,11,14-15,18,22,29H,6,10,12-13,16-17H2,1-5H3/t18-,22+/m0/s1. The van der Waals surface area contributed by atoms with Crippen LogP contribution in [0.1, 0.15) is 50.6 Å². The zero-order valence-corrected chi connectivity index (χ0v) is 20.7. The first-order valence-corrected chi connectivity index (χ1v) is 12.2. The Morgan fingerprint density at radius 1 is 1.34 bits per heavy atom. The van der Waals surface area contributed by atoms with E-state index in [1.807, 2.05) is 36.1 Å². The van der Waals surface area contributed by atoms with Gasteiger partial charge in [-0.3, -0.25) is 9.69 Å². The number of fused-ring (bicyclic) bond motifs is 1. The summed E-state index contributed by atoms with van der Waals surface area (Å²) in [6.45, 7) is 9.79. The van der Waals surface area contributed by atoms with Crippen molar-refractivity contribution in [1.82, 2.24) is 9.80 Å². The maximum Gasteiger partial charge on any atom is 0.237 e. The summed E-state index contributed by atoms with van der Waals surface area (Å²) in [5.41, 5.74) is 0.294. The number of amides is 1. The van der Waals surface area contributed by atoms with Crippen LogP contribution in [-0.2, 0) is 11.2 Å². The lowest BCUT2D eigenvalue weighted by Gasteiger charge is -2.40. The van der Waals surface area contributed by atoms with Crippen molar-refractivity contribution >= 4 is 17.2 Å². The Kier molecular flexibility index (Phi) is 8.20. The minimum atomic E-state index is -0.882. The minimum absolute atomic E-state index is 0.0747. The number of nitrogens with zero attached hydrogens (tertiary/aromatic N) is 2. The summed E-state index contributed by atoms with van der Waals surface area (Å²) < 4.78 is 11.4. The molecule has 2 aromatic rings. The first-order valence-electron chi connectivity index (χ1n) is 11.3. The molecule has 1 aromatic heterocycles. The van der Waals surface area contributed by atoms with E-state index in [1.54, 1.807) is 32.3 Å². The SMILES string of the molecule is CCCN(CC(=O)N1CCc2sccc2[C@H]1COc1cccc(OC)c1)[C@@H](C)C(C)(C)O. The summed E-state index contributed by atoms with van der Waals surface area (Å²) in [7, 11) is 1.63. The van der Waals surface area contributed by atoms with Crippen molar-refractivity contribution in [2.75, 3.05) is 33.4 Å². The number of hydrogen-bond acceptors (Lipinski definition) is 6. The molecule has 1 N–H and O–H groups in total. The molecule has 1 aromatic carbocycles. The van der Waals surface area contributed by atoms with E-state index in [1.165, 1.54) is 10.4 Å². The van der Waals surface area contributed by atoms with Crippen molar-refractivity contribution in [2.24, 2.45) is 0 Å². The van der Waals surface area contributed by atoms with Crippen LogP contribution in [0.25, 0.3) is 0 Å². The summed E-state index contributed by atoms with van der Waals surface area (Å²) in [5, 5.41) is 12.6. The Hall–Kier alpha value is -2.09. The maximum absolute atomic E-state index is 13.5. The lowest BCUT2D eigenvalue weighted by Crippen LogP contribution is -2.53. The van der Waals surface area contributed by atoms with Crippen molar-refractivity contribution in [2.45, 2.75) is 58.2 Å². The van der Waals surface area contributed by atoms with Gasteiger partial charge in [-0.05, 0) is 69.3 Å². The number of rotatable bonds is 10. The van der Waals surface area contributed by atoms with Crippen LogP contribution in [0.5, 0.6) is 11.5 Å². The topological polar surface area (TPSA) is 62.2 Å². The maximum atomic E-state index is 13.5. The second kappa shape index (κ2) is 10.7. The highest BCUT2D eigenvalue weighted by Gasteiger charge is 2.35. The van der Waals surface area contributed by atoms with Crippen LogP contribution in [-0.4, -0.2) is 65.8 Å². The van der Waals surface area contributed by atoms with Crippen LogP contribution in [0.3, 0.4) is 0 Å². The van der Waals surface area contributed by atoms with E-state index in [0.717, 1.165) is 30.9 Å². The highest BCUT2D eigenvalue weighted by molar-refractivity contribution is 7.10. The summed E-state index contributed by atoms with van der Waals surface area (Å²) in [4.78, 5) is 18.9. The van der Waals surface area contributed by atoms with E-state index in [0.29, 0.717) is 13.2 Å². The minimum Gasteiger partial charge on any atom is -0.497 e. The lowest BCUT2D eigenvalue weighted by atomic mass is 9.98. The van der Waals surface area contributed by atoms with Gasteiger partial charge < -0.3 is 19.5 Å². The molecule has 0 radical (unpaired) electrons. The molecule has 0 aliphatic carbocycles. The number of carbonyl (C=O) groups is 1. The van der Waals surface area contributed by atoms with Crippen molar-refractivity contribution in [1.29, 1.82) is 0 Å². The van der Waals surface area contributed by atoms with E-state index in [2.05, 4.69) is 23.3 Å². The van der Waals surface area contributed by atoms with Gasteiger partial charge in [-0.25, -0.2) is 0 Å². The van der Waals surface area contributed by atoms with E-state index < -0.39 is 5.60 Å². The lowest BCUT2D eigenvalue weighted by molar-refractivity contribution is -0.138. The Balaban J connectivity index is 1.77. The Morgan fingerprint density at radius 2 is 2.09 bits per heavy atom. The first kappa shape index (κ1) is 24.6. The van der Waals surface area contributed by atoms with Crippen molar-refractivity contribution in [3.05, 3.63) is 46.2 Å². The molecule has 0 fully saturated rings. The predicted octanol–water partition coefficient (Wildman–Crippen LogP) is 4.13. The largest absolute Gasteiger partial charge is 0.497 e. The number of ether oxygens (including phenoxy) is 2. The van der Waals surface area contributed by atoms with Crippen LogP contribution >= 0.6 is 11.3 Å². The van der Waals surface area contributed by atoms with Gasteiger partial charge in [0, 0.05) is 23.5 Å². The van der Waals surface area contributed by atoms with Gasteiger partial charge in [0.15, 0.2) is 0 Å². The van der Waals surface area contributed by atoms with Crippen molar-refractivity contribution < 1.29 is 19.4 Å². The Labute approximate surface area is 195 Å². The van der Waals surface area contributed by atoms with Crippen LogP contribution in [0.15, 0.2) is 35.7 Å². The number of methoxy groups -OCH3 is 1. The highest BCUT2D eigenvalue weighted by atomic mass is 32.1. The molecular weight excluding hydrogens is 424 g/mol. The third-order valence-electron chi connectivity index (χ3n) is 6.28. The number of carbonyl (C=O) groups excluding carboxylic acids is 1. The van der Waals surface area contributed by atoms with Crippen LogP contribution in [0.4, 0.5) is 0 Å². The average molecular weight is 461 g/mol. The first-order chi connectivity index (χ1) is 15.2. The molecule has 32 heavy (non-hydrogen) atoms. The molecule has 176 valence electrons. The van der Waals surface area contributed by atoms with Gasteiger partial charge in [-0.15, -0.1) is 11.3 Å². The van der Waals surface area contributed by atoms with Crippen molar-refractivity contribution in [3.8, 4) is 11.5 Å². The number of thiophene rings is 1. The predicted molar refractivity (Wildman–Crippen MR) is 129 cm³/mol. The van der Waals surface area contributed by atoms with Gasteiger partial charge in [0.25, 0.3) is 0 Å². The monoisotopic (exact) mass is 460 g/mol. The van der Waals surface area contributed by atoms with E-state index in [4.69, 9.17) is 9.47 Å². The molecule has 0 saturated heterocycles. The summed E-state index contributed by atoms with van der Waals surface area (Å²) >= 11 is 1.74. The van der Waals surface area contributed by atoms with Crippen LogP contribution in [0, 0.1) is 0 Å². The van der Waals surface area contributed by atoms with Crippen LogP contribution < -0.4 is 9.47 Å². The fraction of sp³-hybridized carbons (Fsp3) is 0.560. The molecule has 7 heteroatoms. The molecule has 1 amide bonds. The molecule has 3 rings (SSSR count). The smallest absolute Gasteiger partial charge is 0.237 e. The fourth-order valence-electron chi connectivity index (χ4n) is 4.15. The second-order valence-corrected chi connectivity index (χ2v) is 9.94. The molecule has 0 bridgehead atoms. The van der Waals surface area contributed by atoms with Crippen molar-refractivity contribution in [3.63, 3.8) is 0 Å². The van der Waals surface area contributed by atoms with Gasteiger partial charge in [-0.1, -0.05) is 13.0 Å². The average Bonchev–Trinajstić information content (AvgIpc) is 3.25.